The van der Waals surface area contributed by atoms with Crippen LogP contribution in [-0.2, 0) is 20.8 Å². The van der Waals surface area contributed by atoms with Crippen LogP contribution in [0.25, 0.3) is 11.1 Å². The molecule has 0 saturated heterocycles. The second-order valence-electron chi connectivity index (χ2n) is 6.63. The highest BCUT2D eigenvalue weighted by molar-refractivity contribution is 5.81. The SMILES string of the molecule is COc1c(F)cc(F)cc1-c1ccc(C[C@H](CC(=O)O)NC(=O)CCC(=O)O)cc1. The van der Waals surface area contributed by atoms with E-state index in [1.165, 1.54) is 7.11 Å². The molecule has 0 aliphatic rings. The lowest BCUT2D eigenvalue weighted by Crippen LogP contribution is -2.38. The lowest BCUT2D eigenvalue weighted by molar-refractivity contribution is -0.140. The molecule has 9 heteroatoms. The number of hydrogen-bond acceptors (Lipinski definition) is 4. The summed E-state index contributed by atoms with van der Waals surface area (Å²) in [7, 11) is 1.28. The number of methoxy groups -OCH3 is 1. The van der Waals surface area contributed by atoms with Gasteiger partial charge in [0.25, 0.3) is 0 Å². The van der Waals surface area contributed by atoms with Gasteiger partial charge in [-0.1, -0.05) is 24.3 Å². The minimum absolute atomic E-state index is 0.0985. The molecule has 0 spiro atoms. The molecule has 2 rings (SSSR count). The number of halogens is 2. The first-order valence-corrected chi connectivity index (χ1v) is 9.05. The zero-order valence-corrected chi connectivity index (χ0v) is 16.2. The summed E-state index contributed by atoms with van der Waals surface area (Å²) in [5.41, 5.74) is 1.40. The van der Waals surface area contributed by atoms with Crippen molar-refractivity contribution in [2.75, 3.05) is 7.11 Å². The molecule has 0 bridgehead atoms. The van der Waals surface area contributed by atoms with Gasteiger partial charge in [0.2, 0.25) is 5.91 Å². The molecular formula is C21H21F2NO6. The van der Waals surface area contributed by atoms with E-state index in [0.717, 1.165) is 12.1 Å². The summed E-state index contributed by atoms with van der Waals surface area (Å²) in [6.45, 7) is 0. The minimum Gasteiger partial charge on any atom is -0.493 e. The monoisotopic (exact) mass is 421 g/mol. The van der Waals surface area contributed by atoms with Crippen LogP contribution >= 0.6 is 0 Å². The van der Waals surface area contributed by atoms with E-state index in [0.29, 0.717) is 11.1 Å². The topological polar surface area (TPSA) is 113 Å². The van der Waals surface area contributed by atoms with Gasteiger partial charge in [0.15, 0.2) is 11.6 Å². The van der Waals surface area contributed by atoms with Gasteiger partial charge in [0, 0.05) is 24.1 Å². The van der Waals surface area contributed by atoms with Gasteiger partial charge >= 0.3 is 11.9 Å². The standard InChI is InChI=1S/C21H21F2NO6/c1-30-21-16(9-14(22)10-17(21)23)13-4-2-12(3-5-13)8-15(11-20(28)29)24-18(25)6-7-19(26)27/h2-5,9-10,15H,6-8,11H2,1H3,(H,24,25)(H,26,27)(H,28,29)/t15-/m1/s1. The van der Waals surface area contributed by atoms with E-state index in [9.17, 15) is 23.2 Å². The molecule has 2 aromatic carbocycles. The maximum atomic E-state index is 13.9. The van der Waals surface area contributed by atoms with Crippen molar-refractivity contribution in [3.63, 3.8) is 0 Å². The van der Waals surface area contributed by atoms with Crippen molar-refractivity contribution < 1.29 is 38.1 Å². The largest absolute Gasteiger partial charge is 0.493 e. The second-order valence-corrected chi connectivity index (χ2v) is 6.63. The summed E-state index contributed by atoms with van der Waals surface area (Å²) in [4.78, 5) is 33.5. The van der Waals surface area contributed by atoms with Crippen molar-refractivity contribution in [2.45, 2.75) is 31.7 Å². The summed E-state index contributed by atoms with van der Waals surface area (Å²) in [6, 6.07) is 7.64. The van der Waals surface area contributed by atoms with Crippen LogP contribution in [0, 0.1) is 11.6 Å². The number of carbonyl (C=O) groups is 3. The number of benzene rings is 2. The van der Waals surface area contributed by atoms with Gasteiger partial charge in [-0.3, -0.25) is 14.4 Å². The van der Waals surface area contributed by atoms with Crippen LogP contribution in [0.4, 0.5) is 8.78 Å². The van der Waals surface area contributed by atoms with Crippen LogP contribution in [-0.4, -0.2) is 41.2 Å². The molecule has 0 heterocycles. The van der Waals surface area contributed by atoms with Gasteiger partial charge in [0.1, 0.15) is 5.82 Å². The number of aliphatic carboxylic acids is 2. The third-order valence-electron chi connectivity index (χ3n) is 4.31. The predicted octanol–water partition coefficient (Wildman–Crippen LogP) is 3.01. The lowest BCUT2D eigenvalue weighted by atomic mass is 9.98. The Morgan fingerprint density at radius 1 is 1.03 bits per heavy atom. The average Bonchev–Trinajstić information content (AvgIpc) is 2.66. The Morgan fingerprint density at radius 3 is 2.27 bits per heavy atom. The molecule has 7 nitrogen and oxygen atoms in total. The lowest BCUT2D eigenvalue weighted by Gasteiger charge is -2.17. The molecule has 2 aromatic rings. The molecule has 3 N–H and O–H groups in total. The Morgan fingerprint density at radius 2 is 1.70 bits per heavy atom. The smallest absolute Gasteiger partial charge is 0.305 e. The van der Waals surface area contributed by atoms with E-state index in [1.807, 2.05) is 0 Å². The molecule has 0 aliphatic carbocycles. The van der Waals surface area contributed by atoms with E-state index < -0.39 is 35.5 Å². The quantitative estimate of drug-likeness (QED) is 0.544. The van der Waals surface area contributed by atoms with Crippen LogP contribution in [0.2, 0.25) is 0 Å². The molecule has 1 amide bonds. The van der Waals surface area contributed by atoms with Crippen LogP contribution in [0.1, 0.15) is 24.8 Å². The summed E-state index contributed by atoms with van der Waals surface area (Å²) >= 11 is 0. The molecule has 30 heavy (non-hydrogen) atoms. The van der Waals surface area contributed by atoms with Crippen LogP contribution in [0.15, 0.2) is 36.4 Å². The summed E-state index contributed by atoms with van der Waals surface area (Å²) in [5.74, 6) is -4.48. The third kappa shape index (κ3) is 6.54. The Kier molecular flexibility index (Phi) is 7.85. The molecule has 0 saturated carbocycles. The zero-order valence-electron chi connectivity index (χ0n) is 16.2. The van der Waals surface area contributed by atoms with Gasteiger partial charge in [0.05, 0.1) is 20.0 Å². The Balaban J connectivity index is 2.16. The molecule has 0 aromatic heterocycles. The molecule has 1 atom stereocenters. The highest BCUT2D eigenvalue weighted by Gasteiger charge is 2.18. The van der Waals surface area contributed by atoms with Crippen molar-refractivity contribution in [1.29, 1.82) is 0 Å². The summed E-state index contributed by atoms with van der Waals surface area (Å²) in [6.07, 6.45) is -0.773. The van der Waals surface area contributed by atoms with E-state index >= 15 is 0 Å². The first kappa shape index (κ1) is 22.8. The zero-order chi connectivity index (χ0) is 22.3. The van der Waals surface area contributed by atoms with Crippen molar-refractivity contribution in [3.8, 4) is 16.9 Å². The first-order valence-electron chi connectivity index (χ1n) is 9.05. The number of carboxylic acids is 2. The molecular weight excluding hydrogens is 400 g/mol. The van der Waals surface area contributed by atoms with Crippen molar-refractivity contribution in [2.24, 2.45) is 0 Å². The molecule has 0 radical (unpaired) electrons. The number of ether oxygens (including phenoxy) is 1. The minimum atomic E-state index is -1.13. The number of amides is 1. The number of nitrogens with one attached hydrogen (secondary N) is 1. The van der Waals surface area contributed by atoms with Gasteiger partial charge in [-0.15, -0.1) is 0 Å². The normalized spacial score (nSPS) is 11.6. The van der Waals surface area contributed by atoms with Crippen LogP contribution < -0.4 is 10.1 Å². The highest BCUT2D eigenvalue weighted by Crippen LogP contribution is 2.33. The number of rotatable bonds is 10. The first-order chi connectivity index (χ1) is 14.2. The Bertz CT molecular complexity index is 930. The fraction of sp³-hybridized carbons (Fsp3) is 0.286. The van der Waals surface area contributed by atoms with E-state index in [-0.39, 0.29) is 37.0 Å². The molecule has 0 fully saturated rings. The fourth-order valence-corrected chi connectivity index (χ4v) is 2.99. The molecule has 0 unspecified atom stereocenters. The maximum Gasteiger partial charge on any atom is 0.305 e. The van der Waals surface area contributed by atoms with Gasteiger partial charge in [-0.05, 0) is 23.6 Å². The highest BCUT2D eigenvalue weighted by atomic mass is 19.1. The van der Waals surface area contributed by atoms with Crippen molar-refractivity contribution >= 4 is 17.8 Å². The van der Waals surface area contributed by atoms with Gasteiger partial charge in [-0.2, -0.15) is 0 Å². The van der Waals surface area contributed by atoms with E-state index in [2.05, 4.69) is 5.32 Å². The maximum absolute atomic E-state index is 13.9. The number of carboxylic acid groups (broad SMARTS) is 2. The Hall–Kier alpha value is -3.49. The van der Waals surface area contributed by atoms with Crippen LogP contribution in [0.3, 0.4) is 0 Å². The Labute approximate surface area is 171 Å². The van der Waals surface area contributed by atoms with Gasteiger partial charge < -0.3 is 20.3 Å². The van der Waals surface area contributed by atoms with E-state index in [4.69, 9.17) is 14.9 Å². The summed E-state index contributed by atoms with van der Waals surface area (Å²) < 4.78 is 32.5. The fourth-order valence-electron chi connectivity index (χ4n) is 2.99. The predicted molar refractivity (Wildman–Crippen MR) is 103 cm³/mol. The number of carbonyl (C=O) groups excluding carboxylic acids is 1. The second kappa shape index (κ2) is 10.3. The van der Waals surface area contributed by atoms with Crippen molar-refractivity contribution in [3.05, 3.63) is 53.6 Å². The van der Waals surface area contributed by atoms with E-state index in [1.54, 1.807) is 24.3 Å². The summed E-state index contributed by atoms with van der Waals surface area (Å²) in [5, 5.41) is 20.2. The number of hydrogen-bond donors (Lipinski definition) is 3. The van der Waals surface area contributed by atoms with Gasteiger partial charge in [-0.25, -0.2) is 8.78 Å². The van der Waals surface area contributed by atoms with Crippen LogP contribution in [0.5, 0.6) is 5.75 Å². The molecule has 0 aliphatic heterocycles. The average molecular weight is 421 g/mol. The molecule has 160 valence electrons. The van der Waals surface area contributed by atoms with Crippen molar-refractivity contribution in [1.82, 2.24) is 5.32 Å². The third-order valence-corrected chi connectivity index (χ3v) is 4.31.